The number of nitrogens with zero attached hydrogens (tertiary/aromatic N) is 1. The first-order valence-corrected chi connectivity index (χ1v) is 27.5. The number of fused-ring (bicyclic) bond motifs is 12. The molecular formula is C71H53NS. The highest BCUT2D eigenvalue weighted by molar-refractivity contribution is 7.25. The van der Waals surface area contributed by atoms with E-state index in [2.05, 4.69) is 241 Å². The second-order valence-corrected chi connectivity index (χ2v) is 23.0. The molecule has 6 aliphatic carbocycles. The van der Waals surface area contributed by atoms with Gasteiger partial charge in [-0.2, -0.15) is 0 Å². The number of thiophene rings is 1. The van der Waals surface area contributed by atoms with Crippen molar-refractivity contribution in [3.63, 3.8) is 0 Å². The molecule has 0 radical (unpaired) electrons. The summed E-state index contributed by atoms with van der Waals surface area (Å²) in [5, 5.41) is 2.67. The molecule has 0 atom stereocenters. The molecule has 4 fully saturated rings. The highest BCUT2D eigenvalue weighted by Gasteiger charge is 2.64. The minimum atomic E-state index is -0.470. The van der Waals surface area contributed by atoms with Gasteiger partial charge >= 0.3 is 0 Å². The molecule has 1 nitrogen and oxygen atoms in total. The molecule has 2 spiro atoms. The van der Waals surface area contributed by atoms with Gasteiger partial charge in [-0.25, -0.2) is 0 Å². The lowest BCUT2D eigenvalue weighted by atomic mass is 9.38. The molecule has 0 N–H and O–H groups in total. The van der Waals surface area contributed by atoms with Crippen LogP contribution < -0.4 is 4.90 Å². The van der Waals surface area contributed by atoms with Crippen LogP contribution in [-0.2, 0) is 10.8 Å². The van der Waals surface area contributed by atoms with Crippen molar-refractivity contribution in [3.8, 4) is 44.5 Å². The summed E-state index contributed by atoms with van der Waals surface area (Å²) in [6.45, 7) is 0. The molecule has 73 heavy (non-hydrogen) atoms. The lowest BCUT2D eigenvalue weighted by Crippen LogP contribution is -2.59. The third-order valence-corrected chi connectivity index (χ3v) is 19.7. The molecule has 4 saturated carbocycles. The molecular weight excluding hydrogens is 899 g/mol. The Bertz CT molecular complexity index is 3920. The smallest absolute Gasteiger partial charge is 0.0720 e. The molecule has 348 valence electrons. The number of hydrogen-bond donors (Lipinski definition) is 0. The van der Waals surface area contributed by atoms with Gasteiger partial charge in [-0.15, -0.1) is 11.3 Å². The second kappa shape index (κ2) is 15.9. The Morgan fingerprint density at radius 3 is 1.51 bits per heavy atom. The van der Waals surface area contributed by atoms with Gasteiger partial charge in [-0.05, 0) is 182 Å². The quantitative estimate of drug-likeness (QED) is 0.161. The highest BCUT2D eigenvalue weighted by Crippen LogP contribution is 2.71. The van der Waals surface area contributed by atoms with E-state index in [4.69, 9.17) is 0 Å². The lowest BCUT2D eigenvalue weighted by Gasteiger charge is -2.65. The maximum absolute atomic E-state index is 2.66. The first kappa shape index (κ1) is 41.8. The normalized spacial score (nSPS) is 21.3. The fraction of sp³-hybridized carbons (Fsp3) is 0.155. The van der Waals surface area contributed by atoms with Gasteiger partial charge in [0.15, 0.2) is 0 Å². The summed E-state index contributed by atoms with van der Waals surface area (Å²) in [6, 6.07) is 90.5. The monoisotopic (exact) mass is 951 g/mol. The summed E-state index contributed by atoms with van der Waals surface area (Å²) in [7, 11) is 0. The van der Waals surface area contributed by atoms with Gasteiger partial charge in [-0.3, -0.25) is 0 Å². The van der Waals surface area contributed by atoms with Gasteiger partial charge in [0.2, 0.25) is 0 Å². The summed E-state index contributed by atoms with van der Waals surface area (Å²) in [4.78, 5) is 2.54. The van der Waals surface area contributed by atoms with Gasteiger partial charge in [0, 0.05) is 42.6 Å². The highest BCUT2D eigenvalue weighted by atomic mass is 32.1. The van der Waals surface area contributed by atoms with Crippen molar-refractivity contribution >= 4 is 48.6 Å². The zero-order chi connectivity index (χ0) is 47.8. The van der Waals surface area contributed by atoms with E-state index < -0.39 is 5.41 Å². The van der Waals surface area contributed by atoms with Crippen molar-refractivity contribution in [2.45, 2.75) is 42.9 Å². The van der Waals surface area contributed by atoms with E-state index in [1.165, 1.54) is 125 Å². The van der Waals surface area contributed by atoms with Crippen LogP contribution in [0.15, 0.2) is 237 Å². The van der Waals surface area contributed by atoms with E-state index in [1.54, 1.807) is 11.1 Å². The van der Waals surface area contributed by atoms with Crippen LogP contribution in [0.3, 0.4) is 0 Å². The van der Waals surface area contributed by atoms with E-state index in [0.717, 1.165) is 23.2 Å². The fourth-order valence-electron chi connectivity index (χ4n) is 16.1. The molecule has 10 aromatic carbocycles. The average molecular weight is 952 g/mol. The third kappa shape index (κ3) is 5.85. The van der Waals surface area contributed by atoms with E-state index in [1.807, 2.05) is 11.3 Å². The van der Waals surface area contributed by atoms with Gasteiger partial charge in [0.05, 0.1) is 5.41 Å². The zero-order valence-electron chi connectivity index (χ0n) is 40.7. The van der Waals surface area contributed by atoms with Gasteiger partial charge in [-0.1, -0.05) is 188 Å². The topological polar surface area (TPSA) is 3.24 Å². The molecule has 6 aliphatic rings. The summed E-state index contributed by atoms with van der Waals surface area (Å²) in [6.07, 6.45) is 6.81. The van der Waals surface area contributed by atoms with Crippen LogP contribution in [-0.4, -0.2) is 0 Å². The molecule has 0 saturated heterocycles. The number of anilines is 3. The Balaban J connectivity index is 0.912. The van der Waals surface area contributed by atoms with Gasteiger partial charge < -0.3 is 4.90 Å². The Kier molecular flexibility index (Phi) is 9.08. The molecule has 0 amide bonds. The number of benzene rings is 10. The van der Waals surface area contributed by atoms with E-state index >= 15 is 0 Å². The SMILES string of the molecule is c1ccc(-c2ccc(N(c3ccc(-c4ccccc4-c4cccc5sc6ccccc6c45)cc3)c3ccc4c(c3)C3(c5ccccc5-c5ccccc53)c3ccccc3C43C4CC5CC(C4)CC3C5)cc2)cc1. The number of rotatable bonds is 6. The van der Waals surface area contributed by atoms with Crippen molar-refractivity contribution in [2.75, 3.05) is 4.90 Å². The molecule has 11 aromatic rings. The van der Waals surface area contributed by atoms with E-state index in [9.17, 15) is 0 Å². The molecule has 2 heteroatoms. The van der Waals surface area contributed by atoms with Crippen LogP contribution >= 0.6 is 11.3 Å². The Morgan fingerprint density at radius 2 is 0.822 bits per heavy atom. The van der Waals surface area contributed by atoms with Crippen LogP contribution in [0.25, 0.3) is 64.7 Å². The minimum Gasteiger partial charge on any atom is -0.310 e. The fourth-order valence-corrected chi connectivity index (χ4v) is 17.2. The maximum Gasteiger partial charge on any atom is 0.0720 e. The van der Waals surface area contributed by atoms with Crippen molar-refractivity contribution < 1.29 is 0 Å². The second-order valence-electron chi connectivity index (χ2n) is 21.9. The standard InChI is InChI=1S/C71H53NS/c1-2-15-47(16-3-1)48-29-33-52(34-30-48)72(53-35-31-49(32-36-53)55-17-4-5-18-56(55)59-22-14-28-68-69(59)60-21-8-13-27-67(60)73-68)54-37-38-65-66(44-54)71(61-23-9-6-19-57(61)58-20-7-10-24-62(58)71)64-26-12-11-25-63(64)70(65)50-40-45-39-46(42-50)43-51(70)41-45/h1-38,44-46,50-51H,39-43H2. The third-order valence-electron chi connectivity index (χ3n) is 18.6. The summed E-state index contributed by atoms with van der Waals surface area (Å²) in [5.41, 5.74) is 22.1. The number of hydrogen-bond acceptors (Lipinski definition) is 2. The predicted molar refractivity (Wildman–Crippen MR) is 305 cm³/mol. The van der Waals surface area contributed by atoms with Crippen molar-refractivity contribution in [2.24, 2.45) is 23.7 Å². The molecule has 17 rings (SSSR count). The van der Waals surface area contributed by atoms with Crippen LogP contribution in [0.5, 0.6) is 0 Å². The molecule has 1 aromatic heterocycles. The van der Waals surface area contributed by atoms with Crippen LogP contribution in [0.2, 0.25) is 0 Å². The van der Waals surface area contributed by atoms with Gasteiger partial charge in [0.25, 0.3) is 0 Å². The molecule has 0 unspecified atom stereocenters. The zero-order valence-corrected chi connectivity index (χ0v) is 41.5. The first-order chi connectivity index (χ1) is 36.2. The molecule has 0 aliphatic heterocycles. The Hall–Kier alpha value is -7.78. The molecule has 1 heterocycles. The Morgan fingerprint density at radius 1 is 0.329 bits per heavy atom. The van der Waals surface area contributed by atoms with E-state index in [0.29, 0.717) is 11.8 Å². The van der Waals surface area contributed by atoms with Crippen molar-refractivity contribution in [1.82, 2.24) is 0 Å². The van der Waals surface area contributed by atoms with Crippen LogP contribution in [0.4, 0.5) is 17.1 Å². The minimum absolute atomic E-state index is 0.0214. The van der Waals surface area contributed by atoms with Gasteiger partial charge in [0.1, 0.15) is 0 Å². The molecule has 4 bridgehead atoms. The first-order valence-electron chi connectivity index (χ1n) is 26.7. The summed E-state index contributed by atoms with van der Waals surface area (Å²) >= 11 is 1.88. The van der Waals surface area contributed by atoms with Crippen molar-refractivity contribution in [1.29, 1.82) is 0 Å². The lowest BCUT2D eigenvalue weighted by molar-refractivity contribution is -0.0440. The maximum atomic E-state index is 2.66. The average Bonchev–Trinajstić information content (AvgIpc) is 3.98. The predicted octanol–water partition coefficient (Wildman–Crippen LogP) is 18.9. The van der Waals surface area contributed by atoms with Crippen molar-refractivity contribution in [3.05, 3.63) is 270 Å². The summed E-state index contributed by atoms with van der Waals surface area (Å²) in [5.74, 6) is 3.00. The summed E-state index contributed by atoms with van der Waals surface area (Å²) < 4.78 is 2.66. The van der Waals surface area contributed by atoms with Crippen LogP contribution in [0.1, 0.15) is 65.5 Å². The van der Waals surface area contributed by atoms with Crippen LogP contribution in [0, 0.1) is 23.7 Å². The van der Waals surface area contributed by atoms with E-state index in [-0.39, 0.29) is 5.41 Å². The largest absolute Gasteiger partial charge is 0.310 e. The Labute approximate surface area is 432 Å².